The summed E-state index contributed by atoms with van der Waals surface area (Å²) in [6.07, 6.45) is 5.24. The third-order valence-electron chi connectivity index (χ3n) is 3.36. The van der Waals surface area contributed by atoms with Crippen molar-refractivity contribution >= 4 is 32.7 Å². The fraction of sp³-hybridized carbons (Fsp3) is 0.357. The largest absolute Gasteiger partial charge is 0.367 e. The Kier molecular flexibility index (Phi) is 3.02. The van der Waals surface area contributed by atoms with Crippen LogP contribution in [0.15, 0.2) is 34.8 Å². The Hall–Kier alpha value is -1.09. The number of hydrogen-bond acceptors (Lipinski definition) is 2. The van der Waals surface area contributed by atoms with Gasteiger partial charge in [0.1, 0.15) is 5.82 Å². The molecule has 17 heavy (non-hydrogen) atoms. The number of hydrogen-bond donors (Lipinski definition) is 1. The van der Waals surface area contributed by atoms with Crippen LogP contribution in [-0.4, -0.2) is 11.0 Å². The molecule has 3 rings (SSSR count). The molecule has 1 heterocycles. The van der Waals surface area contributed by atoms with E-state index in [0.29, 0.717) is 6.04 Å². The van der Waals surface area contributed by atoms with E-state index in [1.165, 1.54) is 31.1 Å². The second kappa shape index (κ2) is 4.65. The Morgan fingerprint density at radius 3 is 2.71 bits per heavy atom. The van der Waals surface area contributed by atoms with Gasteiger partial charge in [-0.1, -0.05) is 34.8 Å². The summed E-state index contributed by atoms with van der Waals surface area (Å²) in [5, 5.41) is 4.71. The molecule has 1 aromatic heterocycles. The van der Waals surface area contributed by atoms with E-state index >= 15 is 0 Å². The summed E-state index contributed by atoms with van der Waals surface area (Å²) in [4.78, 5) is 4.66. The molecular weight excluding hydrogens is 276 g/mol. The quantitative estimate of drug-likeness (QED) is 0.889. The summed E-state index contributed by atoms with van der Waals surface area (Å²) < 4.78 is 1.08. The van der Waals surface area contributed by atoms with Gasteiger partial charge >= 0.3 is 0 Å². The molecule has 1 aliphatic rings. The second-order valence-electron chi connectivity index (χ2n) is 4.66. The molecule has 0 atom stereocenters. The first-order chi connectivity index (χ1) is 8.31. The van der Waals surface area contributed by atoms with Crippen LogP contribution in [0.4, 0.5) is 5.82 Å². The van der Waals surface area contributed by atoms with E-state index < -0.39 is 0 Å². The van der Waals surface area contributed by atoms with Gasteiger partial charge in [-0.3, -0.25) is 0 Å². The standard InChI is InChI=1S/C14H15BrN2/c15-11-7-5-10-6-8-14(17-13(10)9-11)16-12-3-1-2-4-12/h5-9,12H,1-4H2,(H,16,17). The van der Waals surface area contributed by atoms with Gasteiger partial charge in [-0.05, 0) is 37.1 Å². The third kappa shape index (κ3) is 2.44. The molecule has 0 amide bonds. The van der Waals surface area contributed by atoms with Crippen molar-refractivity contribution in [3.63, 3.8) is 0 Å². The highest BCUT2D eigenvalue weighted by Gasteiger charge is 2.14. The van der Waals surface area contributed by atoms with Crippen LogP contribution >= 0.6 is 15.9 Å². The summed E-state index contributed by atoms with van der Waals surface area (Å²) in [6.45, 7) is 0. The number of rotatable bonds is 2. The van der Waals surface area contributed by atoms with Crippen molar-refractivity contribution < 1.29 is 0 Å². The van der Waals surface area contributed by atoms with Crippen LogP contribution < -0.4 is 5.32 Å². The number of pyridine rings is 1. The average molecular weight is 291 g/mol. The zero-order chi connectivity index (χ0) is 11.7. The van der Waals surface area contributed by atoms with Crippen LogP contribution in [0.1, 0.15) is 25.7 Å². The number of nitrogens with zero attached hydrogens (tertiary/aromatic N) is 1. The molecule has 1 fully saturated rings. The summed E-state index contributed by atoms with van der Waals surface area (Å²) >= 11 is 3.48. The van der Waals surface area contributed by atoms with Gasteiger partial charge in [-0.25, -0.2) is 4.98 Å². The van der Waals surface area contributed by atoms with E-state index in [2.05, 4.69) is 50.5 Å². The van der Waals surface area contributed by atoms with E-state index in [-0.39, 0.29) is 0 Å². The molecule has 0 spiro atoms. The molecule has 0 aliphatic heterocycles. The van der Waals surface area contributed by atoms with Gasteiger partial charge in [0.15, 0.2) is 0 Å². The van der Waals surface area contributed by atoms with Crippen LogP contribution in [0.25, 0.3) is 10.9 Å². The monoisotopic (exact) mass is 290 g/mol. The maximum atomic E-state index is 4.66. The number of nitrogens with one attached hydrogen (secondary N) is 1. The molecule has 2 aromatic rings. The maximum absolute atomic E-state index is 4.66. The van der Waals surface area contributed by atoms with Crippen molar-refractivity contribution in [2.75, 3.05) is 5.32 Å². The second-order valence-corrected chi connectivity index (χ2v) is 5.57. The predicted molar refractivity (Wildman–Crippen MR) is 75.3 cm³/mol. The lowest BCUT2D eigenvalue weighted by molar-refractivity contribution is 0.751. The van der Waals surface area contributed by atoms with E-state index in [0.717, 1.165) is 15.8 Å². The summed E-state index contributed by atoms with van der Waals surface area (Å²) in [7, 11) is 0. The number of fused-ring (bicyclic) bond motifs is 1. The van der Waals surface area contributed by atoms with Crippen molar-refractivity contribution in [1.82, 2.24) is 4.98 Å². The van der Waals surface area contributed by atoms with Gasteiger partial charge in [-0.2, -0.15) is 0 Å². The Balaban J connectivity index is 1.89. The van der Waals surface area contributed by atoms with Gasteiger partial charge in [0.05, 0.1) is 5.52 Å². The van der Waals surface area contributed by atoms with E-state index in [1.807, 2.05) is 6.07 Å². The molecule has 0 saturated heterocycles. The van der Waals surface area contributed by atoms with E-state index in [9.17, 15) is 0 Å². The molecule has 0 bridgehead atoms. The predicted octanol–water partition coefficient (Wildman–Crippen LogP) is 4.35. The van der Waals surface area contributed by atoms with E-state index in [1.54, 1.807) is 0 Å². The number of aromatic nitrogens is 1. The number of benzene rings is 1. The van der Waals surface area contributed by atoms with Crippen LogP contribution in [0.2, 0.25) is 0 Å². The first-order valence-electron chi connectivity index (χ1n) is 6.14. The molecular formula is C14H15BrN2. The third-order valence-corrected chi connectivity index (χ3v) is 3.85. The lowest BCUT2D eigenvalue weighted by Crippen LogP contribution is -2.15. The van der Waals surface area contributed by atoms with Crippen molar-refractivity contribution in [2.24, 2.45) is 0 Å². The first-order valence-corrected chi connectivity index (χ1v) is 6.93. The van der Waals surface area contributed by atoms with Crippen LogP contribution in [0.3, 0.4) is 0 Å². The Morgan fingerprint density at radius 2 is 1.88 bits per heavy atom. The fourth-order valence-electron chi connectivity index (χ4n) is 2.45. The van der Waals surface area contributed by atoms with Gasteiger partial charge in [0, 0.05) is 15.9 Å². The highest BCUT2D eigenvalue weighted by molar-refractivity contribution is 9.10. The fourth-order valence-corrected chi connectivity index (χ4v) is 2.80. The highest BCUT2D eigenvalue weighted by Crippen LogP contribution is 2.24. The molecule has 1 aromatic carbocycles. The molecule has 1 aliphatic carbocycles. The normalized spacial score (nSPS) is 16.5. The summed E-state index contributed by atoms with van der Waals surface area (Å²) in [6, 6.07) is 11.0. The molecule has 88 valence electrons. The van der Waals surface area contributed by atoms with Crippen molar-refractivity contribution in [2.45, 2.75) is 31.7 Å². The van der Waals surface area contributed by atoms with Gasteiger partial charge in [0.25, 0.3) is 0 Å². The molecule has 2 nitrogen and oxygen atoms in total. The van der Waals surface area contributed by atoms with Crippen LogP contribution in [0.5, 0.6) is 0 Å². The zero-order valence-corrected chi connectivity index (χ0v) is 11.2. The van der Waals surface area contributed by atoms with Gasteiger partial charge in [-0.15, -0.1) is 0 Å². The minimum Gasteiger partial charge on any atom is -0.367 e. The molecule has 0 unspecified atom stereocenters. The van der Waals surface area contributed by atoms with E-state index in [4.69, 9.17) is 0 Å². The van der Waals surface area contributed by atoms with Crippen LogP contribution in [-0.2, 0) is 0 Å². The first kappa shape index (κ1) is 11.0. The molecule has 0 radical (unpaired) electrons. The summed E-state index contributed by atoms with van der Waals surface area (Å²) in [5.41, 5.74) is 1.04. The van der Waals surface area contributed by atoms with Crippen LogP contribution in [0, 0.1) is 0 Å². The smallest absolute Gasteiger partial charge is 0.126 e. The Bertz CT molecular complexity index is 533. The Morgan fingerprint density at radius 1 is 1.12 bits per heavy atom. The zero-order valence-electron chi connectivity index (χ0n) is 9.62. The molecule has 1 N–H and O–H groups in total. The SMILES string of the molecule is Brc1ccc2ccc(NC3CCCC3)nc2c1. The molecule has 3 heteroatoms. The van der Waals surface area contributed by atoms with Crippen molar-refractivity contribution in [1.29, 1.82) is 0 Å². The van der Waals surface area contributed by atoms with Crippen molar-refractivity contribution in [3.05, 3.63) is 34.8 Å². The highest BCUT2D eigenvalue weighted by atomic mass is 79.9. The summed E-state index contributed by atoms with van der Waals surface area (Å²) in [5.74, 6) is 1.00. The maximum Gasteiger partial charge on any atom is 0.126 e. The Labute approximate surface area is 110 Å². The number of anilines is 1. The average Bonchev–Trinajstić information content (AvgIpc) is 2.81. The topological polar surface area (TPSA) is 24.9 Å². The van der Waals surface area contributed by atoms with Gasteiger partial charge < -0.3 is 5.32 Å². The lowest BCUT2D eigenvalue weighted by Gasteiger charge is -2.12. The minimum atomic E-state index is 0.618. The minimum absolute atomic E-state index is 0.618. The van der Waals surface area contributed by atoms with Crippen molar-refractivity contribution in [3.8, 4) is 0 Å². The molecule has 1 saturated carbocycles. The lowest BCUT2D eigenvalue weighted by atomic mass is 10.2. The number of halogens is 1. The van der Waals surface area contributed by atoms with Gasteiger partial charge in [0.2, 0.25) is 0 Å².